The van der Waals surface area contributed by atoms with E-state index in [2.05, 4.69) is 15.0 Å². The molecule has 0 unspecified atom stereocenters. The summed E-state index contributed by atoms with van der Waals surface area (Å²) >= 11 is 0. The van der Waals surface area contributed by atoms with Crippen LogP contribution in [0.5, 0.6) is 0 Å². The maximum atomic E-state index is 5.50. The Balaban J connectivity index is 1.90. The van der Waals surface area contributed by atoms with Crippen molar-refractivity contribution in [2.75, 3.05) is 13.2 Å². The van der Waals surface area contributed by atoms with Gasteiger partial charge < -0.3 is 9.47 Å². The molecule has 2 aliphatic heterocycles. The average molecular weight is 245 g/mol. The molecular formula is C13H15N3O2. The first kappa shape index (κ1) is 11.2. The Morgan fingerprint density at radius 2 is 1.44 bits per heavy atom. The van der Waals surface area contributed by atoms with Crippen molar-refractivity contribution in [3.63, 3.8) is 0 Å². The van der Waals surface area contributed by atoms with Crippen molar-refractivity contribution in [3.05, 3.63) is 29.6 Å². The minimum absolute atomic E-state index is 0.200. The van der Waals surface area contributed by atoms with E-state index in [9.17, 15) is 0 Å². The lowest BCUT2D eigenvalue weighted by atomic mass is 10.3. The van der Waals surface area contributed by atoms with E-state index in [4.69, 9.17) is 9.47 Å². The number of aromatic nitrogens is 1. The van der Waals surface area contributed by atoms with Gasteiger partial charge in [-0.2, -0.15) is 0 Å². The minimum Gasteiger partial charge on any atom is -0.474 e. The smallest absolute Gasteiger partial charge is 0.235 e. The molecule has 0 amide bonds. The van der Waals surface area contributed by atoms with Gasteiger partial charge in [-0.25, -0.2) is 15.0 Å². The summed E-state index contributed by atoms with van der Waals surface area (Å²) in [6.45, 7) is 5.27. The quantitative estimate of drug-likeness (QED) is 0.791. The maximum Gasteiger partial charge on any atom is 0.235 e. The molecule has 0 aliphatic carbocycles. The maximum absolute atomic E-state index is 5.50. The molecule has 0 saturated heterocycles. The lowest BCUT2D eigenvalue weighted by molar-refractivity contribution is 0.321. The first-order chi connectivity index (χ1) is 8.72. The topological polar surface area (TPSA) is 56.1 Å². The second-order valence-electron chi connectivity index (χ2n) is 4.60. The third-order valence-electron chi connectivity index (χ3n) is 2.79. The fraction of sp³-hybridized carbons (Fsp3) is 0.462. The molecule has 0 radical (unpaired) electrons. The fourth-order valence-electron chi connectivity index (χ4n) is 1.90. The van der Waals surface area contributed by atoms with E-state index in [0.717, 1.165) is 11.4 Å². The Hall–Kier alpha value is -1.91. The van der Waals surface area contributed by atoms with Gasteiger partial charge in [0.15, 0.2) is 0 Å². The van der Waals surface area contributed by atoms with Crippen LogP contribution >= 0.6 is 0 Å². The Morgan fingerprint density at radius 1 is 0.944 bits per heavy atom. The lowest BCUT2D eigenvalue weighted by Crippen LogP contribution is -2.10. The Labute approximate surface area is 106 Å². The molecule has 1 aromatic rings. The Kier molecular flexibility index (Phi) is 2.74. The van der Waals surface area contributed by atoms with E-state index < -0.39 is 0 Å². The second kappa shape index (κ2) is 4.40. The molecule has 2 aliphatic rings. The van der Waals surface area contributed by atoms with Crippen molar-refractivity contribution < 1.29 is 9.47 Å². The standard InChI is InChI=1S/C13H15N3O2/c1-8-6-17-12(14-8)10-4-3-5-11(16-10)13-15-9(2)7-18-13/h3-5,8-9H,6-7H2,1-2H3/t8-,9-/m1/s1. The highest BCUT2D eigenvalue weighted by Gasteiger charge is 2.21. The fourth-order valence-corrected chi connectivity index (χ4v) is 1.90. The predicted molar refractivity (Wildman–Crippen MR) is 68.1 cm³/mol. The van der Waals surface area contributed by atoms with E-state index in [1.165, 1.54) is 0 Å². The SMILES string of the molecule is C[C@@H]1COC(c2cccc(C3=N[C@H](C)CO3)n2)=N1. The molecule has 3 heterocycles. The van der Waals surface area contributed by atoms with Gasteiger partial charge >= 0.3 is 0 Å². The first-order valence-electron chi connectivity index (χ1n) is 6.11. The van der Waals surface area contributed by atoms with Crippen LogP contribution in [0.3, 0.4) is 0 Å². The predicted octanol–water partition coefficient (Wildman–Crippen LogP) is 1.41. The number of rotatable bonds is 2. The molecule has 2 atom stereocenters. The molecule has 3 rings (SSSR count). The van der Waals surface area contributed by atoms with E-state index in [-0.39, 0.29) is 12.1 Å². The molecule has 5 nitrogen and oxygen atoms in total. The van der Waals surface area contributed by atoms with Crippen LogP contribution in [0.1, 0.15) is 25.2 Å². The normalized spacial score (nSPS) is 26.3. The summed E-state index contributed by atoms with van der Waals surface area (Å²) in [5, 5.41) is 0. The van der Waals surface area contributed by atoms with Crippen molar-refractivity contribution in [1.82, 2.24) is 4.98 Å². The second-order valence-corrected chi connectivity index (χ2v) is 4.60. The van der Waals surface area contributed by atoms with Crippen LogP contribution in [0, 0.1) is 0 Å². The van der Waals surface area contributed by atoms with Crippen LogP contribution in [0.4, 0.5) is 0 Å². The van der Waals surface area contributed by atoms with Crippen molar-refractivity contribution in [2.45, 2.75) is 25.9 Å². The molecule has 5 heteroatoms. The van der Waals surface area contributed by atoms with E-state index in [1.807, 2.05) is 32.0 Å². The monoisotopic (exact) mass is 245 g/mol. The van der Waals surface area contributed by atoms with E-state index in [1.54, 1.807) is 0 Å². The van der Waals surface area contributed by atoms with Gasteiger partial charge in [0.2, 0.25) is 11.8 Å². The van der Waals surface area contributed by atoms with Gasteiger partial charge in [0.05, 0.1) is 12.1 Å². The molecule has 0 N–H and O–H groups in total. The summed E-state index contributed by atoms with van der Waals surface area (Å²) in [7, 11) is 0. The van der Waals surface area contributed by atoms with E-state index in [0.29, 0.717) is 25.0 Å². The van der Waals surface area contributed by atoms with Crippen LogP contribution in [-0.4, -0.2) is 42.1 Å². The Bertz CT molecular complexity index is 481. The third kappa shape index (κ3) is 2.08. The van der Waals surface area contributed by atoms with Gasteiger partial charge in [-0.15, -0.1) is 0 Å². The summed E-state index contributed by atoms with van der Waals surface area (Å²) in [5.41, 5.74) is 1.48. The number of ether oxygens (including phenoxy) is 2. The molecule has 0 spiro atoms. The summed E-state index contributed by atoms with van der Waals surface area (Å²) in [6.07, 6.45) is 0. The highest BCUT2D eigenvalue weighted by molar-refractivity contribution is 5.97. The summed E-state index contributed by atoms with van der Waals surface area (Å²) in [4.78, 5) is 13.3. The lowest BCUT2D eigenvalue weighted by Gasteiger charge is -2.04. The minimum atomic E-state index is 0.200. The zero-order chi connectivity index (χ0) is 12.5. The number of pyridine rings is 1. The van der Waals surface area contributed by atoms with Crippen LogP contribution in [0.15, 0.2) is 28.2 Å². The molecule has 0 aromatic carbocycles. The van der Waals surface area contributed by atoms with Gasteiger partial charge in [-0.05, 0) is 26.0 Å². The van der Waals surface area contributed by atoms with Crippen LogP contribution in [0.25, 0.3) is 0 Å². The largest absolute Gasteiger partial charge is 0.474 e. The molecule has 0 saturated carbocycles. The molecule has 18 heavy (non-hydrogen) atoms. The third-order valence-corrected chi connectivity index (χ3v) is 2.79. The van der Waals surface area contributed by atoms with Crippen LogP contribution < -0.4 is 0 Å². The van der Waals surface area contributed by atoms with Crippen LogP contribution in [-0.2, 0) is 9.47 Å². The molecule has 1 aromatic heterocycles. The molecule has 94 valence electrons. The van der Waals surface area contributed by atoms with Gasteiger partial charge in [-0.3, -0.25) is 0 Å². The van der Waals surface area contributed by atoms with Crippen molar-refractivity contribution >= 4 is 11.8 Å². The summed E-state index contributed by atoms with van der Waals surface area (Å²) < 4.78 is 11.0. The van der Waals surface area contributed by atoms with Gasteiger partial charge in [0.25, 0.3) is 0 Å². The average Bonchev–Trinajstić information content (AvgIpc) is 2.98. The number of hydrogen-bond acceptors (Lipinski definition) is 5. The van der Waals surface area contributed by atoms with Crippen molar-refractivity contribution in [1.29, 1.82) is 0 Å². The van der Waals surface area contributed by atoms with Gasteiger partial charge in [0.1, 0.15) is 24.6 Å². The molecule has 0 fully saturated rings. The summed E-state index contributed by atoms with van der Waals surface area (Å²) in [6, 6.07) is 6.09. The highest BCUT2D eigenvalue weighted by Crippen LogP contribution is 2.13. The number of aliphatic imine (C=N–C) groups is 2. The van der Waals surface area contributed by atoms with Gasteiger partial charge in [0, 0.05) is 0 Å². The molecule has 0 bridgehead atoms. The first-order valence-corrected chi connectivity index (χ1v) is 6.11. The zero-order valence-electron chi connectivity index (χ0n) is 10.5. The van der Waals surface area contributed by atoms with Crippen LogP contribution in [0.2, 0.25) is 0 Å². The zero-order valence-corrected chi connectivity index (χ0v) is 10.5. The van der Waals surface area contributed by atoms with Crippen molar-refractivity contribution in [3.8, 4) is 0 Å². The van der Waals surface area contributed by atoms with Gasteiger partial charge in [-0.1, -0.05) is 6.07 Å². The summed E-state index contributed by atoms with van der Waals surface area (Å²) in [5.74, 6) is 1.21. The van der Waals surface area contributed by atoms with Crippen molar-refractivity contribution in [2.24, 2.45) is 9.98 Å². The number of hydrogen-bond donors (Lipinski definition) is 0. The van der Waals surface area contributed by atoms with E-state index >= 15 is 0 Å². The highest BCUT2D eigenvalue weighted by atomic mass is 16.5. The molecular weight excluding hydrogens is 230 g/mol. The number of nitrogens with zero attached hydrogens (tertiary/aromatic N) is 3. The Morgan fingerprint density at radius 3 is 1.83 bits per heavy atom.